The SMILES string of the molecule is Cc1ccc(-c2noc(CCCN)n2)cc1NC(=O)c1cnc2ccccn12. The minimum atomic E-state index is -0.240. The summed E-state index contributed by atoms with van der Waals surface area (Å²) in [6.45, 7) is 2.50. The minimum absolute atomic E-state index is 0.240. The molecule has 1 amide bonds. The smallest absolute Gasteiger partial charge is 0.274 e. The van der Waals surface area contributed by atoms with Crippen LogP contribution in [0.1, 0.15) is 28.4 Å². The zero-order valence-electron chi connectivity index (χ0n) is 15.4. The molecule has 0 aliphatic carbocycles. The van der Waals surface area contributed by atoms with Crippen molar-refractivity contribution < 1.29 is 9.32 Å². The third-order valence-corrected chi connectivity index (χ3v) is 4.46. The molecule has 3 heterocycles. The van der Waals surface area contributed by atoms with Gasteiger partial charge >= 0.3 is 0 Å². The van der Waals surface area contributed by atoms with E-state index in [1.165, 1.54) is 0 Å². The number of aromatic nitrogens is 4. The van der Waals surface area contributed by atoms with Gasteiger partial charge in [0.2, 0.25) is 11.7 Å². The van der Waals surface area contributed by atoms with Gasteiger partial charge in [-0.1, -0.05) is 23.4 Å². The van der Waals surface area contributed by atoms with Gasteiger partial charge in [0.25, 0.3) is 5.91 Å². The van der Waals surface area contributed by atoms with E-state index < -0.39 is 0 Å². The van der Waals surface area contributed by atoms with E-state index >= 15 is 0 Å². The van der Waals surface area contributed by atoms with Crippen LogP contribution in [-0.2, 0) is 6.42 Å². The first-order valence-corrected chi connectivity index (χ1v) is 9.03. The highest BCUT2D eigenvalue weighted by Crippen LogP contribution is 2.24. The Kier molecular flexibility index (Phi) is 4.86. The maximum absolute atomic E-state index is 12.8. The molecule has 3 N–H and O–H groups in total. The summed E-state index contributed by atoms with van der Waals surface area (Å²) >= 11 is 0. The zero-order chi connectivity index (χ0) is 19.5. The van der Waals surface area contributed by atoms with Crippen LogP contribution in [0.25, 0.3) is 17.0 Å². The standard InChI is InChI=1S/C20H20N6O2/c1-13-7-8-14(19-24-18(28-25-19)6-4-9-21)11-15(13)23-20(27)16-12-22-17-5-2-3-10-26(16)17/h2-3,5,7-8,10-12H,4,6,9,21H2,1H3,(H,23,27). The molecule has 1 aromatic carbocycles. The number of hydrogen-bond donors (Lipinski definition) is 2. The van der Waals surface area contributed by atoms with Gasteiger partial charge in [0.1, 0.15) is 11.3 Å². The van der Waals surface area contributed by atoms with Crippen molar-refractivity contribution in [2.24, 2.45) is 5.73 Å². The van der Waals surface area contributed by atoms with Crippen LogP contribution in [0.2, 0.25) is 0 Å². The number of carbonyl (C=O) groups is 1. The monoisotopic (exact) mass is 376 g/mol. The highest BCUT2D eigenvalue weighted by atomic mass is 16.5. The van der Waals surface area contributed by atoms with E-state index in [0.717, 1.165) is 23.2 Å². The van der Waals surface area contributed by atoms with Gasteiger partial charge in [0, 0.05) is 23.9 Å². The lowest BCUT2D eigenvalue weighted by Crippen LogP contribution is -2.15. The van der Waals surface area contributed by atoms with Crippen LogP contribution in [0.15, 0.2) is 53.3 Å². The second kappa shape index (κ2) is 7.61. The first kappa shape index (κ1) is 17.9. The van der Waals surface area contributed by atoms with E-state index in [1.807, 2.05) is 49.5 Å². The lowest BCUT2D eigenvalue weighted by atomic mass is 10.1. The van der Waals surface area contributed by atoms with Crippen LogP contribution in [0, 0.1) is 6.92 Å². The molecular formula is C20H20N6O2. The summed E-state index contributed by atoms with van der Waals surface area (Å²) in [4.78, 5) is 21.4. The fourth-order valence-electron chi connectivity index (χ4n) is 2.91. The van der Waals surface area contributed by atoms with Gasteiger partial charge in [-0.25, -0.2) is 4.98 Å². The second-order valence-corrected chi connectivity index (χ2v) is 6.46. The fraction of sp³-hybridized carbons (Fsp3) is 0.200. The van der Waals surface area contributed by atoms with Crippen LogP contribution in [0.5, 0.6) is 0 Å². The van der Waals surface area contributed by atoms with E-state index in [2.05, 4.69) is 20.4 Å². The molecule has 0 spiro atoms. The predicted molar refractivity (Wildman–Crippen MR) is 105 cm³/mol. The molecule has 0 aliphatic heterocycles. The molecule has 4 rings (SSSR count). The number of benzene rings is 1. The van der Waals surface area contributed by atoms with Crippen LogP contribution >= 0.6 is 0 Å². The molecule has 0 saturated heterocycles. The minimum Gasteiger partial charge on any atom is -0.339 e. The van der Waals surface area contributed by atoms with Crippen LogP contribution in [-0.4, -0.2) is 32.0 Å². The Hall–Kier alpha value is -3.52. The Labute approximate surface area is 161 Å². The van der Waals surface area contributed by atoms with Gasteiger partial charge in [-0.3, -0.25) is 9.20 Å². The average Bonchev–Trinajstić information content (AvgIpc) is 3.35. The molecule has 28 heavy (non-hydrogen) atoms. The molecule has 0 unspecified atom stereocenters. The highest BCUT2D eigenvalue weighted by molar-refractivity contribution is 6.04. The Bertz CT molecular complexity index is 1130. The molecule has 0 aliphatic rings. The number of aryl methyl sites for hydroxylation is 2. The van der Waals surface area contributed by atoms with Gasteiger partial charge in [0.05, 0.1) is 6.20 Å². The van der Waals surface area contributed by atoms with Gasteiger partial charge in [-0.2, -0.15) is 4.98 Å². The molecular weight excluding hydrogens is 356 g/mol. The number of hydrogen-bond acceptors (Lipinski definition) is 6. The van der Waals surface area contributed by atoms with Crippen molar-refractivity contribution in [3.63, 3.8) is 0 Å². The Morgan fingerprint density at radius 1 is 1.29 bits per heavy atom. The molecule has 142 valence electrons. The largest absolute Gasteiger partial charge is 0.339 e. The Morgan fingerprint density at radius 2 is 2.18 bits per heavy atom. The van der Waals surface area contributed by atoms with E-state index in [4.69, 9.17) is 10.3 Å². The Morgan fingerprint density at radius 3 is 3.04 bits per heavy atom. The predicted octanol–water partition coefficient (Wildman–Crippen LogP) is 2.84. The number of amides is 1. The number of anilines is 1. The van der Waals surface area contributed by atoms with Crippen molar-refractivity contribution in [1.29, 1.82) is 0 Å². The lowest BCUT2D eigenvalue weighted by molar-refractivity contribution is 0.102. The maximum atomic E-state index is 12.8. The van der Waals surface area contributed by atoms with Crippen molar-refractivity contribution in [3.05, 3.63) is 65.9 Å². The van der Waals surface area contributed by atoms with Crippen molar-refractivity contribution in [3.8, 4) is 11.4 Å². The molecule has 4 aromatic rings. The van der Waals surface area contributed by atoms with Gasteiger partial charge in [-0.15, -0.1) is 0 Å². The first-order valence-electron chi connectivity index (χ1n) is 9.03. The average molecular weight is 376 g/mol. The normalized spacial score (nSPS) is 11.1. The third-order valence-electron chi connectivity index (χ3n) is 4.46. The fourth-order valence-corrected chi connectivity index (χ4v) is 2.91. The summed E-state index contributed by atoms with van der Waals surface area (Å²) in [7, 11) is 0. The number of carbonyl (C=O) groups excluding carboxylic acids is 1. The molecule has 0 saturated carbocycles. The van der Waals surface area contributed by atoms with E-state index in [1.54, 1.807) is 10.6 Å². The molecule has 0 bridgehead atoms. The Balaban J connectivity index is 1.59. The molecule has 8 nitrogen and oxygen atoms in total. The third kappa shape index (κ3) is 3.49. The summed E-state index contributed by atoms with van der Waals surface area (Å²) in [5.74, 6) is 0.797. The molecule has 0 fully saturated rings. The highest BCUT2D eigenvalue weighted by Gasteiger charge is 2.15. The van der Waals surface area contributed by atoms with E-state index in [-0.39, 0.29) is 5.91 Å². The topological polar surface area (TPSA) is 111 Å². The molecule has 0 radical (unpaired) electrons. The lowest BCUT2D eigenvalue weighted by Gasteiger charge is -2.09. The number of imidazole rings is 1. The molecule has 3 aromatic heterocycles. The van der Waals surface area contributed by atoms with Crippen molar-refractivity contribution in [1.82, 2.24) is 19.5 Å². The van der Waals surface area contributed by atoms with Gasteiger partial charge in [0.15, 0.2) is 0 Å². The number of nitrogens with zero attached hydrogens (tertiary/aromatic N) is 4. The summed E-state index contributed by atoms with van der Waals surface area (Å²) in [6, 6.07) is 11.2. The van der Waals surface area contributed by atoms with Crippen LogP contribution in [0.4, 0.5) is 5.69 Å². The van der Waals surface area contributed by atoms with E-state index in [0.29, 0.717) is 36.1 Å². The number of nitrogens with one attached hydrogen (secondary N) is 1. The van der Waals surface area contributed by atoms with Gasteiger partial charge in [-0.05, 0) is 43.7 Å². The second-order valence-electron chi connectivity index (χ2n) is 6.46. The van der Waals surface area contributed by atoms with Crippen LogP contribution < -0.4 is 11.1 Å². The number of fused-ring (bicyclic) bond motifs is 1. The molecule has 0 atom stereocenters. The number of pyridine rings is 1. The first-order chi connectivity index (χ1) is 13.7. The van der Waals surface area contributed by atoms with Crippen LogP contribution in [0.3, 0.4) is 0 Å². The number of rotatable bonds is 6. The molecule has 8 heteroatoms. The van der Waals surface area contributed by atoms with Crippen molar-refractivity contribution in [2.45, 2.75) is 19.8 Å². The number of nitrogens with two attached hydrogens (primary N) is 1. The quantitative estimate of drug-likeness (QED) is 0.535. The summed E-state index contributed by atoms with van der Waals surface area (Å²) in [5.41, 5.74) is 9.07. The van der Waals surface area contributed by atoms with Crippen molar-refractivity contribution in [2.75, 3.05) is 11.9 Å². The summed E-state index contributed by atoms with van der Waals surface area (Å²) < 4.78 is 7.01. The maximum Gasteiger partial charge on any atom is 0.274 e. The van der Waals surface area contributed by atoms with E-state index in [9.17, 15) is 4.79 Å². The summed E-state index contributed by atoms with van der Waals surface area (Å²) in [5, 5.41) is 6.98. The van der Waals surface area contributed by atoms with Gasteiger partial charge < -0.3 is 15.6 Å². The summed E-state index contributed by atoms with van der Waals surface area (Å²) in [6.07, 6.45) is 4.80. The zero-order valence-corrected chi connectivity index (χ0v) is 15.4. The van der Waals surface area contributed by atoms with Crippen molar-refractivity contribution >= 4 is 17.2 Å².